The molecule has 0 spiro atoms. The Morgan fingerprint density at radius 1 is 1.21 bits per heavy atom. The molecule has 28 heavy (non-hydrogen) atoms. The van der Waals surface area contributed by atoms with Gasteiger partial charge in [0.05, 0.1) is 13.2 Å². The molecule has 0 bridgehead atoms. The summed E-state index contributed by atoms with van der Waals surface area (Å²) in [5.74, 6) is 0.511. The fourth-order valence-corrected chi connectivity index (χ4v) is 3.36. The van der Waals surface area contributed by atoms with Gasteiger partial charge < -0.3 is 19.5 Å². The van der Waals surface area contributed by atoms with Gasteiger partial charge in [0, 0.05) is 39.3 Å². The van der Waals surface area contributed by atoms with Gasteiger partial charge in [0.25, 0.3) is 0 Å². The zero-order valence-corrected chi connectivity index (χ0v) is 17.5. The van der Waals surface area contributed by atoms with E-state index < -0.39 is 6.10 Å². The SMILES string of the molecule is CCOC(=O)CN(C)Cc1cccc(OC[C@@H](O)CN2CCN(CC)CC2)c1. The van der Waals surface area contributed by atoms with Crippen LogP contribution in [0.3, 0.4) is 0 Å². The number of carbonyl (C=O) groups excluding carboxylic acids is 1. The Bertz CT molecular complexity index is 591. The third kappa shape index (κ3) is 8.14. The number of nitrogens with zero attached hydrogens (tertiary/aromatic N) is 3. The highest BCUT2D eigenvalue weighted by Crippen LogP contribution is 2.15. The van der Waals surface area contributed by atoms with Crippen LogP contribution in [-0.4, -0.2) is 98.0 Å². The van der Waals surface area contributed by atoms with Crippen molar-refractivity contribution in [1.82, 2.24) is 14.7 Å². The summed E-state index contributed by atoms with van der Waals surface area (Å²) in [5.41, 5.74) is 1.05. The van der Waals surface area contributed by atoms with Crippen molar-refractivity contribution in [2.45, 2.75) is 26.5 Å². The minimum atomic E-state index is -0.511. The van der Waals surface area contributed by atoms with Gasteiger partial charge in [0.1, 0.15) is 18.5 Å². The molecule has 1 aliphatic heterocycles. The number of aliphatic hydroxyl groups excluding tert-OH is 1. The first-order valence-electron chi connectivity index (χ1n) is 10.2. The van der Waals surface area contributed by atoms with E-state index in [4.69, 9.17) is 9.47 Å². The van der Waals surface area contributed by atoms with Crippen LogP contribution in [0.4, 0.5) is 0 Å². The number of ether oxygens (including phenoxy) is 2. The third-order valence-corrected chi connectivity index (χ3v) is 4.88. The summed E-state index contributed by atoms with van der Waals surface area (Å²) < 4.78 is 10.8. The summed E-state index contributed by atoms with van der Waals surface area (Å²) in [4.78, 5) is 18.2. The maximum absolute atomic E-state index is 11.6. The maximum Gasteiger partial charge on any atom is 0.320 e. The number of piperazine rings is 1. The number of likely N-dealkylation sites (N-methyl/N-ethyl adjacent to an activating group) is 2. The average Bonchev–Trinajstić information content (AvgIpc) is 2.67. The lowest BCUT2D eigenvalue weighted by molar-refractivity contribution is -0.144. The molecule has 7 nitrogen and oxygen atoms in total. The summed E-state index contributed by atoms with van der Waals surface area (Å²) in [6.45, 7) is 11.4. The van der Waals surface area contributed by atoms with Crippen LogP contribution >= 0.6 is 0 Å². The second-order valence-electron chi connectivity index (χ2n) is 7.32. The fraction of sp³-hybridized carbons (Fsp3) is 0.667. The number of rotatable bonds is 11. The summed E-state index contributed by atoms with van der Waals surface area (Å²) in [6.07, 6.45) is -0.511. The standard InChI is InChI=1S/C21H35N3O4/c1-4-23-9-11-24(12-10-23)15-19(25)17-28-20-8-6-7-18(13-20)14-22(3)16-21(26)27-5-2/h6-8,13,19,25H,4-5,9-12,14-17H2,1-3H3/t19-/m0/s1. The second-order valence-corrected chi connectivity index (χ2v) is 7.32. The number of hydrogen-bond donors (Lipinski definition) is 1. The molecule has 0 amide bonds. The van der Waals surface area contributed by atoms with E-state index in [1.807, 2.05) is 36.2 Å². The molecular weight excluding hydrogens is 358 g/mol. The van der Waals surface area contributed by atoms with E-state index in [2.05, 4.69) is 16.7 Å². The van der Waals surface area contributed by atoms with Gasteiger partial charge >= 0.3 is 5.97 Å². The molecule has 2 rings (SSSR count). The molecule has 0 aliphatic carbocycles. The van der Waals surface area contributed by atoms with E-state index >= 15 is 0 Å². The Hall–Kier alpha value is -1.67. The van der Waals surface area contributed by atoms with Crippen molar-refractivity contribution in [1.29, 1.82) is 0 Å². The molecule has 1 aromatic rings. The monoisotopic (exact) mass is 393 g/mol. The van der Waals surface area contributed by atoms with Gasteiger partial charge in [0.2, 0.25) is 0 Å². The molecule has 1 aliphatic rings. The Labute approximate surface area is 168 Å². The fourth-order valence-electron chi connectivity index (χ4n) is 3.36. The van der Waals surface area contributed by atoms with Crippen molar-refractivity contribution < 1.29 is 19.4 Å². The quantitative estimate of drug-likeness (QED) is 0.564. The van der Waals surface area contributed by atoms with E-state index in [1.165, 1.54) is 0 Å². The van der Waals surface area contributed by atoms with E-state index in [0.717, 1.165) is 44.0 Å². The van der Waals surface area contributed by atoms with Crippen LogP contribution in [0.25, 0.3) is 0 Å². The average molecular weight is 394 g/mol. The predicted octanol–water partition coefficient (Wildman–Crippen LogP) is 1.06. The zero-order chi connectivity index (χ0) is 20.4. The highest BCUT2D eigenvalue weighted by atomic mass is 16.5. The Morgan fingerprint density at radius 2 is 1.93 bits per heavy atom. The second kappa shape index (κ2) is 12.0. The maximum atomic E-state index is 11.6. The first-order valence-corrected chi connectivity index (χ1v) is 10.2. The molecule has 7 heteroatoms. The van der Waals surface area contributed by atoms with Gasteiger partial charge in [-0.25, -0.2) is 0 Å². The number of β-amino-alcohol motifs (C(OH)–C–C–N with tert-alkyl or cyclic N) is 1. The minimum absolute atomic E-state index is 0.222. The van der Waals surface area contributed by atoms with Crippen LogP contribution in [0.1, 0.15) is 19.4 Å². The molecule has 0 saturated carbocycles. The molecule has 1 atom stereocenters. The van der Waals surface area contributed by atoms with Crippen molar-refractivity contribution in [3.05, 3.63) is 29.8 Å². The van der Waals surface area contributed by atoms with Gasteiger partial charge in [-0.15, -0.1) is 0 Å². The lowest BCUT2D eigenvalue weighted by atomic mass is 10.2. The topological polar surface area (TPSA) is 65.5 Å². The molecule has 158 valence electrons. The van der Waals surface area contributed by atoms with Crippen LogP contribution in [-0.2, 0) is 16.1 Å². The normalized spacial score (nSPS) is 16.9. The van der Waals surface area contributed by atoms with E-state index in [-0.39, 0.29) is 19.1 Å². The van der Waals surface area contributed by atoms with Crippen LogP contribution < -0.4 is 4.74 Å². The van der Waals surface area contributed by atoms with Crippen molar-refractivity contribution in [3.8, 4) is 5.75 Å². The first kappa shape index (κ1) is 22.6. The van der Waals surface area contributed by atoms with Crippen molar-refractivity contribution >= 4 is 5.97 Å². The molecule has 0 unspecified atom stereocenters. The molecular formula is C21H35N3O4. The Kier molecular flexibility index (Phi) is 9.70. The van der Waals surface area contributed by atoms with E-state index in [1.54, 1.807) is 6.92 Å². The number of benzene rings is 1. The molecule has 1 aromatic carbocycles. The van der Waals surface area contributed by atoms with E-state index in [9.17, 15) is 9.90 Å². The molecule has 1 heterocycles. The molecule has 1 fully saturated rings. The number of esters is 1. The zero-order valence-electron chi connectivity index (χ0n) is 17.5. The summed E-state index contributed by atoms with van der Waals surface area (Å²) in [7, 11) is 1.88. The van der Waals surface area contributed by atoms with Gasteiger partial charge in [0.15, 0.2) is 0 Å². The Balaban J connectivity index is 1.73. The highest BCUT2D eigenvalue weighted by Gasteiger charge is 2.18. The minimum Gasteiger partial charge on any atom is -0.491 e. The number of carbonyl (C=O) groups is 1. The van der Waals surface area contributed by atoms with Crippen LogP contribution in [0.5, 0.6) is 5.75 Å². The van der Waals surface area contributed by atoms with E-state index in [0.29, 0.717) is 19.7 Å². The first-order chi connectivity index (χ1) is 13.5. The lowest BCUT2D eigenvalue weighted by Crippen LogP contribution is -2.49. The molecule has 0 aromatic heterocycles. The van der Waals surface area contributed by atoms with Gasteiger partial charge in [-0.05, 0) is 38.2 Å². The molecule has 1 saturated heterocycles. The lowest BCUT2D eigenvalue weighted by Gasteiger charge is -2.34. The van der Waals surface area contributed by atoms with Gasteiger partial charge in [-0.1, -0.05) is 19.1 Å². The highest BCUT2D eigenvalue weighted by molar-refractivity contribution is 5.71. The summed E-state index contributed by atoms with van der Waals surface area (Å²) in [6, 6.07) is 7.77. The van der Waals surface area contributed by atoms with Crippen LogP contribution in [0.15, 0.2) is 24.3 Å². The van der Waals surface area contributed by atoms with Crippen molar-refractivity contribution in [2.75, 3.05) is 66.1 Å². The third-order valence-electron chi connectivity index (χ3n) is 4.88. The van der Waals surface area contributed by atoms with Gasteiger partial charge in [-0.3, -0.25) is 14.6 Å². The number of aliphatic hydroxyl groups is 1. The summed E-state index contributed by atoms with van der Waals surface area (Å²) >= 11 is 0. The molecule has 0 radical (unpaired) electrons. The van der Waals surface area contributed by atoms with Crippen molar-refractivity contribution in [2.24, 2.45) is 0 Å². The van der Waals surface area contributed by atoms with Gasteiger partial charge in [-0.2, -0.15) is 0 Å². The Morgan fingerprint density at radius 3 is 2.61 bits per heavy atom. The van der Waals surface area contributed by atoms with Crippen LogP contribution in [0.2, 0.25) is 0 Å². The summed E-state index contributed by atoms with van der Waals surface area (Å²) in [5, 5.41) is 10.3. The molecule has 1 N–H and O–H groups in total. The smallest absolute Gasteiger partial charge is 0.320 e. The van der Waals surface area contributed by atoms with Crippen LogP contribution in [0, 0.1) is 0 Å². The largest absolute Gasteiger partial charge is 0.491 e. The predicted molar refractivity (Wildman–Crippen MR) is 109 cm³/mol. The van der Waals surface area contributed by atoms with Crippen molar-refractivity contribution in [3.63, 3.8) is 0 Å². The number of hydrogen-bond acceptors (Lipinski definition) is 7.